The molecular formula is C20H19N5O4S2. The van der Waals surface area contributed by atoms with Crippen LogP contribution in [0, 0.1) is 0 Å². The summed E-state index contributed by atoms with van der Waals surface area (Å²) in [4.78, 5) is 27.3. The average molecular weight is 458 g/mol. The first-order valence-electron chi connectivity index (χ1n) is 9.81. The largest absolute Gasteiger partial charge is 0.456 e. The van der Waals surface area contributed by atoms with Crippen LogP contribution in [-0.2, 0) is 39.0 Å². The number of fused-ring (bicyclic) bond motifs is 4. The monoisotopic (exact) mass is 457 g/mol. The number of nitrogen functional groups attached to an aromatic ring is 1. The van der Waals surface area contributed by atoms with Crippen LogP contribution in [-0.4, -0.2) is 36.7 Å². The van der Waals surface area contributed by atoms with E-state index in [4.69, 9.17) is 10.5 Å². The van der Waals surface area contributed by atoms with Gasteiger partial charge in [-0.2, -0.15) is 0 Å². The number of sulfonamides is 1. The number of carbonyl (C=O) groups is 1. The van der Waals surface area contributed by atoms with Crippen LogP contribution in [0.5, 0.6) is 0 Å². The molecule has 0 fully saturated rings. The second kappa shape index (κ2) is 7.57. The summed E-state index contributed by atoms with van der Waals surface area (Å²) < 4.78 is 31.8. The van der Waals surface area contributed by atoms with Crippen LogP contribution >= 0.6 is 11.3 Å². The van der Waals surface area contributed by atoms with E-state index in [2.05, 4.69) is 19.7 Å². The number of hydrogen-bond acceptors (Lipinski definition) is 9. The van der Waals surface area contributed by atoms with Crippen molar-refractivity contribution in [3.63, 3.8) is 0 Å². The fourth-order valence-electron chi connectivity index (χ4n) is 3.88. The van der Waals surface area contributed by atoms with Gasteiger partial charge in [-0.1, -0.05) is 12.1 Å². The lowest BCUT2D eigenvalue weighted by Gasteiger charge is -2.10. The Kier molecular flexibility index (Phi) is 4.86. The minimum absolute atomic E-state index is 0.124. The molecule has 3 heterocycles. The number of carbonyl (C=O) groups excluding carboxylic acids is 1. The lowest BCUT2D eigenvalue weighted by molar-refractivity contribution is -0.143. The zero-order chi connectivity index (χ0) is 21.6. The molecule has 0 amide bonds. The second-order valence-electron chi connectivity index (χ2n) is 7.34. The number of nitrogens with zero attached hydrogens (tertiary/aromatic N) is 3. The molecule has 2 aromatic heterocycles. The second-order valence-corrected chi connectivity index (χ2v) is 10.1. The molecule has 0 bridgehead atoms. The standard InChI is InChI=1S/C20H19N5O4S2/c21-18-17-11-5-1-3-7-13(11)30-20(17)24-15(23-18)10-29-16(26)9-22-19-12-6-2-4-8-14(12)31(27,28)25-19/h2,4,6,8H,1,3,5,7,9-10H2,(H,22,25)(H2,21,23,24). The highest BCUT2D eigenvalue weighted by Crippen LogP contribution is 2.37. The van der Waals surface area contributed by atoms with Crippen LogP contribution in [0.4, 0.5) is 5.82 Å². The van der Waals surface area contributed by atoms with E-state index in [0.29, 0.717) is 17.2 Å². The number of amidine groups is 1. The van der Waals surface area contributed by atoms with Gasteiger partial charge in [0.05, 0.1) is 10.3 Å². The van der Waals surface area contributed by atoms with Gasteiger partial charge in [0, 0.05) is 10.4 Å². The summed E-state index contributed by atoms with van der Waals surface area (Å²) in [5.74, 6) is 0.242. The number of esters is 1. The van der Waals surface area contributed by atoms with Crippen molar-refractivity contribution in [2.75, 3.05) is 12.3 Å². The van der Waals surface area contributed by atoms with Gasteiger partial charge in [-0.3, -0.25) is 14.5 Å². The number of anilines is 1. The quantitative estimate of drug-likeness (QED) is 0.571. The molecule has 0 unspecified atom stereocenters. The molecule has 0 spiro atoms. The van der Waals surface area contributed by atoms with Gasteiger partial charge in [-0.25, -0.2) is 18.4 Å². The third-order valence-corrected chi connectivity index (χ3v) is 7.86. The number of nitrogens with two attached hydrogens (primary N) is 1. The highest BCUT2D eigenvalue weighted by atomic mass is 32.2. The minimum atomic E-state index is -3.65. The summed E-state index contributed by atoms with van der Waals surface area (Å²) >= 11 is 1.62. The normalized spacial score (nSPS) is 17.9. The van der Waals surface area contributed by atoms with Gasteiger partial charge in [0.25, 0.3) is 10.0 Å². The Morgan fingerprint density at radius 2 is 2.03 bits per heavy atom. The maximum atomic E-state index is 12.2. The maximum Gasteiger partial charge on any atom is 0.328 e. The average Bonchev–Trinajstić information content (AvgIpc) is 3.26. The predicted octanol–water partition coefficient (Wildman–Crippen LogP) is 1.93. The number of benzene rings is 1. The van der Waals surface area contributed by atoms with E-state index in [1.54, 1.807) is 29.5 Å². The van der Waals surface area contributed by atoms with Crippen LogP contribution in [0.15, 0.2) is 34.2 Å². The summed E-state index contributed by atoms with van der Waals surface area (Å²) in [6.07, 6.45) is 4.33. The Bertz CT molecular complexity index is 1350. The zero-order valence-electron chi connectivity index (χ0n) is 16.4. The minimum Gasteiger partial charge on any atom is -0.456 e. The Labute approximate surface area is 182 Å². The Morgan fingerprint density at radius 1 is 1.23 bits per heavy atom. The predicted molar refractivity (Wildman–Crippen MR) is 116 cm³/mol. The zero-order valence-corrected chi connectivity index (χ0v) is 18.1. The summed E-state index contributed by atoms with van der Waals surface area (Å²) in [6.45, 7) is -0.466. The molecule has 5 rings (SSSR count). The van der Waals surface area contributed by atoms with E-state index in [-0.39, 0.29) is 23.9 Å². The van der Waals surface area contributed by atoms with Crippen molar-refractivity contribution in [1.82, 2.24) is 14.7 Å². The van der Waals surface area contributed by atoms with E-state index >= 15 is 0 Å². The van der Waals surface area contributed by atoms with Crippen molar-refractivity contribution < 1.29 is 17.9 Å². The van der Waals surface area contributed by atoms with E-state index in [0.717, 1.165) is 29.5 Å². The summed E-state index contributed by atoms with van der Waals surface area (Å²) in [5.41, 5.74) is 7.85. The third kappa shape index (κ3) is 3.63. The number of hydrogen-bond donors (Lipinski definition) is 2. The Morgan fingerprint density at radius 3 is 2.90 bits per heavy atom. The molecule has 3 N–H and O–H groups in total. The molecule has 160 valence electrons. The van der Waals surface area contributed by atoms with E-state index < -0.39 is 16.0 Å². The summed E-state index contributed by atoms with van der Waals surface area (Å²) in [7, 11) is -3.65. The van der Waals surface area contributed by atoms with Crippen LogP contribution in [0.25, 0.3) is 10.2 Å². The molecule has 9 nitrogen and oxygen atoms in total. The van der Waals surface area contributed by atoms with Crippen molar-refractivity contribution in [3.05, 3.63) is 46.1 Å². The molecule has 1 aliphatic heterocycles. The Balaban J connectivity index is 1.28. The van der Waals surface area contributed by atoms with Crippen LogP contribution in [0.1, 0.15) is 34.7 Å². The number of aliphatic imine (C=N–C) groups is 1. The highest BCUT2D eigenvalue weighted by molar-refractivity contribution is 7.90. The lowest BCUT2D eigenvalue weighted by atomic mass is 9.97. The number of aryl methyl sites for hydroxylation is 2. The molecule has 31 heavy (non-hydrogen) atoms. The molecular weight excluding hydrogens is 438 g/mol. The smallest absolute Gasteiger partial charge is 0.328 e. The van der Waals surface area contributed by atoms with Gasteiger partial charge < -0.3 is 10.5 Å². The first kappa shape index (κ1) is 19.9. The van der Waals surface area contributed by atoms with Crippen molar-refractivity contribution >= 4 is 49.2 Å². The molecule has 0 atom stereocenters. The van der Waals surface area contributed by atoms with Gasteiger partial charge in [-0.15, -0.1) is 11.3 Å². The number of nitrogens with one attached hydrogen (secondary N) is 1. The maximum absolute atomic E-state index is 12.2. The van der Waals surface area contributed by atoms with Crippen LogP contribution < -0.4 is 10.5 Å². The topological polar surface area (TPSA) is 137 Å². The lowest BCUT2D eigenvalue weighted by Crippen LogP contribution is -2.23. The number of ether oxygens (including phenoxy) is 1. The van der Waals surface area contributed by atoms with Crippen molar-refractivity contribution in [2.24, 2.45) is 4.99 Å². The number of thiophene rings is 1. The highest BCUT2D eigenvalue weighted by Gasteiger charge is 2.30. The Hall–Kier alpha value is -3.05. The molecule has 2 aliphatic rings. The SMILES string of the molecule is Nc1nc(COC(=O)CN=C2NS(=O)(=O)c3ccccc32)nc2sc3c(c12)CCCC3. The fourth-order valence-corrected chi connectivity index (χ4v) is 6.42. The molecule has 1 aromatic carbocycles. The molecule has 1 aliphatic carbocycles. The number of aromatic nitrogens is 2. The van der Waals surface area contributed by atoms with Crippen molar-refractivity contribution in [1.29, 1.82) is 0 Å². The molecule has 3 aromatic rings. The van der Waals surface area contributed by atoms with Gasteiger partial charge >= 0.3 is 5.97 Å². The number of rotatable bonds is 4. The van der Waals surface area contributed by atoms with Crippen LogP contribution in [0.2, 0.25) is 0 Å². The van der Waals surface area contributed by atoms with Crippen molar-refractivity contribution in [3.8, 4) is 0 Å². The van der Waals surface area contributed by atoms with Gasteiger partial charge in [0.2, 0.25) is 0 Å². The molecule has 0 saturated heterocycles. The van der Waals surface area contributed by atoms with Crippen molar-refractivity contribution in [2.45, 2.75) is 37.2 Å². The molecule has 11 heteroatoms. The molecule has 0 radical (unpaired) electrons. The van der Waals surface area contributed by atoms with E-state index in [1.165, 1.54) is 22.9 Å². The molecule has 0 saturated carbocycles. The van der Waals surface area contributed by atoms with Crippen LogP contribution in [0.3, 0.4) is 0 Å². The summed E-state index contributed by atoms with van der Waals surface area (Å²) in [6, 6.07) is 6.44. The van der Waals surface area contributed by atoms with E-state index in [9.17, 15) is 13.2 Å². The van der Waals surface area contributed by atoms with Gasteiger partial charge in [0.15, 0.2) is 12.4 Å². The fraction of sp³-hybridized carbons (Fsp3) is 0.300. The van der Waals surface area contributed by atoms with Gasteiger partial charge in [0.1, 0.15) is 23.0 Å². The van der Waals surface area contributed by atoms with Gasteiger partial charge in [-0.05, 0) is 43.4 Å². The summed E-state index contributed by atoms with van der Waals surface area (Å²) in [5, 5.41) is 0.924. The first-order chi connectivity index (χ1) is 14.9. The van der Waals surface area contributed by atoms with E-state index in [1.807, 2.05) is 0 Å². The third-order valence-electron chi connectivity index (χ3n) is 5.28. The first-order valence-corrected chi connectivity index (χ1v) is 12.1.